The van der Waals surface area contributed by atoms with Gasteiger partial charge in [-0.15, -0.1) is 0 Å². The second kappa shape index (κ2) is 11.3. The number of anilines is 6. The van der Waals surface area contributed by atoms with Gasteiger partial charge in [0, 0.05) is 57.9 Å². The van der Waals surface area contributed by atoms with E-state index in [2.05, 4.69) is 68.3 Å². The number of piperazine rings is 1. The molecule has 0 bridgehead atoms. The summed E-state index contributed by atoms with van der Waals surface area (Å²) in [6.45, 7) is 3.72. The number of sulfonamides is 1. The number of rotatable bonds is 8. The molecule has 1 aliphatic rings. The smallest absolute Gasteiger partial charge is 0.232 e. The van der Waals surface area contributed by atoms with E-state index in [0.29, 0.717) is 44.1 Å². The average molecular weight is 630 g/mol. The molecule has 13 nitrogen and oxygen atoms in total. The highest BCUT2D eigenvalue weighted by atomic mass is 79.9. The number of likely N-dealkylation sites (N-methyl/N-ethyl adjacent to an activating group) is 1. The van der Waals surface area contributed by atoms with Crippen molar-refractivity contribution in [3.05, 3.63) is 47.5 Å². The van der Waals surface area contributed by atoms with Crippen molar-refractivity contribution < 1.29 is 13.2 Å². The number of halogens is 1. The van der Waals surface area contributed by atoms with Crippen LogP contribution in [0.5, 0.6) is 5.75 Å². The highest BCUT2D eigenvalue weighted by Crippen LogP contribution is 2.37. The molecule has 0 amide bonds. The zero-order chi connectivity index (χ0) is 28.4. The van der Waals surface area contributed by atoms with Gasteiger partial charge in [-0.05, 0) is 35.1 Å². The lowest BCUT2D eigenvalue weighted by atomic mass is 10.2. The predicted octanol–water partition coefficient (Wildman–Crippen LogP) is 3.22. The average Bonchev–Trinajstić information content (AvgIpc) is 2.94. The minimum Gasteiger partial charge on any atom is -0.494 e. The fraction of sp³-hybridized carbons (Fsp3) is 0.320. The predicted molar refractivity (Wildman–Crippen MR) is 160 cm³/mol. The number of hydrogen-bond acceptors (Lipinski definition) is 12. The lowest BCUT2D eigenvalue weighted by Crippen LogP contribution is -2.44. The van der Waals surface area contributed by atoms with Crippen LogP contribution in [0.4, 0.5) is 34.6 Å². The van der Waals surface area contributed by atoms with Gasteiger partial charge in [0.05, 0.1) is 35.2 Å². The van der Waals surface area contributed by atoms with Crippen LogP contribution in [0.2, 0.25) is 0 Å². The molecule has 1 fully saturated rings. The first-order valence-corrected chi connectivity index (χ1v) is 15.0. The highest BCUT2D eigenvalue weighted by molar-refractivity contribution is 9.10. The minimum atomic E-state index is -3.60. The first kappa shape index (κ1) is 27.7. The van der Waals surface area contributed by atoms with Gasteiger partial charge in [-0.25, -0.2) is 18.4 Å². The number of methoxy groups -OCH3 is 1. The Balaban J connectivity index is 1.45. The van der Waals surface area contributed by atoms with Gasteiger partial charge in [-0.1, -0.05) is 0 Å². The molecular weight excluding hydrogens is 600 g/mol. The molecule has 4 heterocycles. The van der Waals surface area contributed by atoms with Crippen LogP contribution in [-0.4, -0.2) is 91.9 Å². The number of nitrogens with one attached hydrogen (secondary N) is 2. The molecule has 0 atom stereocenters. The summed E-state index contributed by atoms with van der Waals surface area (Å²) in [6, 6.07) is 5.39. The van der Waals surface area contributed by atoms with Crippen LogP contribution >= 0.6 is 15.9 Å². The Hall–Kier alpha value is -3.82. The molecule has 0 spiro atoms. The van der Waals surface area contributed by atoms with Crippen molar-refractivity contribution in [1.29, 1.82) is 0 Å². The number of fused-ring (bicyclic) bond motifs is 1. The maximum absolute atomic E-state index is 12.5. The van der Waals surface area contributed by atoms with Crippen LogP contribution in [0.15, 0.2) is 47.5 Å². The fourth-order valence-corrected chi connectivity index (χ4v) is 5.07. The molecular formula is C25H29BrN10O3S. The summed E-state index contributed by atoms with van der Waals surface area (Å²) < 4.78 is 32.3. The van der Waals surface area contributed by atoms with E-state index in [0.717, 1.165) is 38.3 Å². The lowest BCUT2D eigenvalue weighted by Gasteiger charge is -2.33. The van der Waals surface area contributed by atoms with E-state index >= 15 is 0 Å². The van der Waals surface area contributed by atoms with E-state index in [4.69, 9.17) is 4.74 Å². The largest absolute Gasteiger partial charge is 0.494 e. The molecule has 210 valence electrons. The van der Waals surface area contributed by atoms with Crippen molar-refractivity contribution in [2.45, 2.75) is 0 Å². The molecule has 5 rings (SSSR count). The molecule has 0 radical (unpaired) electrons. The van der Waals surface area contributed by atoms with E-state index < -0.39 is 10.0 Å². The van der Waals surface area contributed by atoms with Crippen LogP contribution in [0.25, 0.3) is 11.0 Å². The Morgan fingerprint density at radius 2 is 1.75 bits per heavy atom. The molecule has 1 saturated heterocycles. The third kappa shape index (κ3) is 5.85. The maximum Gasteiger partial charge on any atom is 0.232 e. The normalized spacial score (nSPS) is 14.3. The molecule has 3 aromatic heterocycles. The summed E-state index contributed by atoms with van der Waals surface area (Å²) in [6.07, 6.45) is 7.50. The van der Waals surface area contributed by atoms with Crippen molar-refractivity contribution in [2.24, 2.45) is 0 Å². The minimum absolute atomic E-state index is 0.289. The molecule has 1 aromatic carbocycles. The summed E-state index contributed by atoms with van der Waals surface area (Å²) in [5.41, 5.74) is 2.41. The maximum atomic E-state index is 12.5. The third-order valence-electron chi connectivity index (χ3n) is 6.57. The van der Waals surface area contributed by atoms with E-state index in [1.54, 1.807) is 37.8 Å². The third-order valence-corrected chi connectivity index (χ3v) is 8.33. The van der Waals surface area contributed by atoms with Gasteiger partial charge >= 0.3 is 0 Å². The summed E-state index contributed by atoms with van der Waals surface area (Å²) >= 11 is 3.49. The quantitative estimate of drug-likeness (QED) is 0.296. The molecule has 0 saturated carbocycles. The molecule has 40 heavy (non-hydrogen) atoms. The second-order valence-corrected chi connectivity index (χ2v) is 12.2. The van der Waals surface area contributed by atoms with Crippen LogP contribution in [-0.2, 0) is 10.0 Å². The number of pyridine rings is 1. The second-order valence-electron chi connectivity index (χ2n) is 9.29. The summed E-state index contributed by atoms with van der Waals surface area (Å²) in [5.74, 6) is 2.15. The van der Waals surface area contributed by atoms with Crippen LogP contribution in [0.1, 0.15) is 0 Å². The Kier molecular flexibility index (Phi) is 7.87. The molecule has 2 N–H and O–H groups in total. The van der Waals surface area contributed by atoms with E-state index in [1.165, 1.54) is 17.5 Å². The van der Waals surface area contributed by atoms with Crippen molar-refractivity contribution in [2.75, 3.05) is 73.5 Å². The number of ether oxygens (including phenoxy) is 1. The zero-order valence-electron chi connectivity index (χ0n) is 22.5. The van der Waals surface area contributed by atoms with E-state index in [1.807, 2.05) is 6.07 Å². The first-order chi connectivity index (χ1) is 19.1. The van der Waals surface area contributed by atoms with Crippen LogP contribution in [0.3, 0.4) is 0 Å². The van der Waals surface area contributed by atoms with Crippen molar-refractivity contribution in [1.82, 2.24) is 29.8 Å². The lowest BCUT2D eigenvalue weighted by molar-refractivity contribution is 0.312. The van der Waals surface area contributed by atoms with Gasteiger partial charge in [0.1, 0.15) is 34.3 Å². The summed E-state index contributed by atoms with van der Waals surface area (Å²) in [5, 5.41) is 6.41. The fourth-order valence-electron chi connectivity index (χ4n) is 4.27. The van der Waals surface area contributed by atoms with Gasteiger partial charge in [0.25, 0.3) is 0 Å². The van der Waals surface area contributed by atoms with Crippen LogP contribution < -0.4 is 24.6 Å². The SMILES string of the molecule is COc1cc(N2CCN(C)CC2)ncc1Nc1ncc(Br)c(Nc2ccc3nccnc3c2N(C)S(C)(=O)=O)n1. The Bertz CT molecular complexity index is 1650. The number of hydrogen-bond donors (Lipinski definition) is 2. The molecule has 0 aliphatic carbocycles. The van der Waals surface area contributed by atoms with Gasteiger partial charge < -0.3 is 25.2 Å². The zero-order valence-corrected chi connectivity index (χ0v) is 24.9. The van der Waals surface area contributed by atoms with Crippen molar-refractivity contribution in [3.8, 4) is 5.75 Å². The van der Waals surface area contributed by atoms with E-state index in [-0.39, 0.29) is 5.95 Å². The molecule has 0 unspecified atom stereocenters. The Morgan fingerprint density at radius 3 is 2.48 bits per heavy atom. The Morgan fingerprint density at radius 1 is 1.00 bits per heavy atom. The standard InChI is InChI=1S/C25H29BrN10O3S/c1-34-9-11-36(12-10-34)21-13-20(39-3)19(15-29-21)32-25-30-14-16(26)24(33-25)31-18-6-5-17-22(28-8-7-27-17)23(18)35(2)40(4,37)38/h5-8,13-15H,9-12H2,1-4H3,(H2,30,31,32,33). The number of aromatic nitrogens is 5. The molecule has 4 aromatic rings. The highest BCUT2D eigenvalue weighted by Gasteiger charge is 2.22. The molecule has 1 aliphatic heterocycles. The van der Waals surface area contributed by atoms with Gasteiger partial charge in [-0.2, -0.15) is 4.98 Å². The first-order valence-electron chi connectivity index (χ1n) is 12.4. The van der Waals surface area contributed by atoms with E-state index in [9.17, 15) is 8.42 Å². The number of nitrogens with zero attached hydrogens (tertiary/aromatic N) is 8. The van der Waals surface area contributed by atoms with Crippen molar-refractivity contribution in [3.63, 3.8) is 0 Å². The van der Waals surface area contributed by atoms with Gasteiger partial charge in [0.2, 0.25) is 16.0 Å². The Labute approximate surface area is 240 Å². The van der Waals surface area contributed by atoms with Crippen LogP contribution in [0, 0.1) is 0 Å². The van der Waals surface area contributed by atoms with Crippen molar-refractivity contribution >= 4 is 71.6 Å². The monoisotopic (exact) mass is 628 g/mol. The molecule has 15 heteroatoms. The van der Waals surface area contributed by atoms with Gasteiger partial charge in [-0.3, -0.25) is 14.3 Å². The number of benzene rings is 1. The summed E-state index contributed by atoms with van der Waals surface area (Å²) in [7, 11) is 1.58. The van der Waals surface area contributed by atoms with Gasteiger partial charge in [0.15, 0.2) is 0 Å². The summed E-state index contributed by atoms with van der Waals surface area (Å²) in [4.78, 5) is 26.8. The topological polar surface area (TPSA) is 142 Å².